The molecule has 0 spiro atoms. The average molecular weight is 290 g/mol. The summed E-state index contributed by atoms with van der Waals surface area (Å²) in [4.78, 5) is 2.53. The summed E-state index contributed by atoms with van der Waals surface area (Å²) in [6, 6.07) is 1.32. The van der Waals surface area contributed by atoms with E-state index in [1.807, 2.05) is 0 Å². The van der Waals surface area contributed by atoms with Gasteiger partial charge in [-0.1, -0.05) is 27.7 Å². The van der Waals surface area contributed by atoms with Crippen molar-refractivity contribution in [2.24, 2.45) is 5.92 Å². The first kappa shape index (κ1) is 17.9. The molecule has 0 aromatic heterocycles. The van der Waals surface area contributed by atoms with E-state index < -0.39 is 0 Å². The smallest absolute Gasteiger partial charge is 0.0594 e. The molecule has 0 aromatic carbocycles. The van der Waals surface area contributed by atoms with Crippen LogP contribution in [0.15, 0.2) is 0 Å². The zero-order valence-corrected chi connectivity index (χ0v) is 14.0. The van der Waals surface area contributed by atoms with Crippen molar-refractivity contribution in [3.05, 3.63) is 0 Å². The predicted octanol–water partition coefficient (Wildman–Crippen LogP) is 2.20. The Morgan fingerprint density at radius 3 is 2.45 bits per heavy atom. The summed E-state index contributed by atoms with van der Waals surface area (Å²) in [7, 11) is 0. The Morgan fingerprint density at radius 1 is 1.15 bits per heavy atom. The fourth-order valence-corrected chi connectivity index (χ4v) is 2.63. The van der Waals surface area contributed by atoms with Crippen LogP contribution in [0.3, 0.4) is 0 Å². The second-order valence-corrected chi connectivity index (χ2v) is 6.65. The minimum absolute atomic E-state index is 0. The van der Waals surface area contributed by atoms with Crippen LogP contribution < -0.4 is 10.6 Å². The molecule has 0 unspecified atom stereocenters. The van der Waals surface area contributed by atoms with Crippen molar-refractivity contribution in [3.8, 4) is 0 Å². The average Bonchev–Trinajstić information content (AvgIpc) is 2.38. The molecule has 0 saturated carbocycles. The van der Waals surface area contributed by atoms with Crippen LogP contribution in [-0.4, -0.2) is 62.9 Å². The lowest BCUT2D eigenvalue weighted by atomic mass is 10.0. The van der Waals surface area contributed by atoms with Gasteiger partial charge in [0.25, 0.3) is 0 Å². The van der Waals surface area contributed by atoms with Gasteiger partial charge in [-0.15, -0.1) is 0 Å². The Labute approximate surface area is 128 Å². The molecule has 2 N–H and O–H groups in total. The van der Waals surface area contributed by atoms with E-state index in [1.54, 1.807) is 0 Å². The molecular formula is C16H39N3O. The predicted molar refractivity (Wildman–Crippen MR) is 90.5 cm³/mol. The van der Waals surface area contributed by atoms with E-state index in [4.69, 9.17) is 4.74 Å². The lowest BCUT2D eigenvalue weighted by Gasteiger charge is -2.33. The van der Waals surface area contributed by atoms with Gasteiger partial charge in [-0.05, 0) is 38.4 Å². The maximum Gasteiger partial charge on any atom is 0.0594 e. The Hall–Kier alpha value is -0.160. The van der Waals surface area contributed by atoms with Crippen LogP contribution in [-0.2, 0) is 4.74 Å². The molecule has 1 aliphatic rings. The third-order valence-electron chi connectivity index (χ3n) is 3.68. The van der Waals surface area contributed by atoms with Crippen LogP contribution in [0.2, 0.25) is 0 Å². The molecule has 124 valence electrons. The molecule has 4 nitrogen and oxygen atoms in total. The van der Waals surface area contributed by atoms with Crippen LogP contribution in [0, 0.1) is 5.92 Å². The van der Waals surface area contributed by atoms with Crippen molar-refractivity contribution < 1.29 is 7.59 Å². The van der Waals surface area contributed by atoms with Gasteiger partial charge in [0, 0.05) is 28.0 Å². The quantitative estimate of drug-likeness (QED) is 0.605. The van der Waals surface area contributed by atoms with E-state index in [9.17, 15) is 0 Å². The van der Waals surface area contributed by atoms with Gasteiger partial charge >= 0.3 is 0 Å². The number of hydrogen-bond acceptors (Lipinski definition) is 4. The monoisotopic (exact) mass is 289 g/mol. The Morgan fingerprint density at radius 2 is 1.85 bits per heavy atom. The number of hydrogen-bond donors (Lipinski definition) is 2. The highest BCUT2D eigenvalue weighted by molar-refractivity contribution is 4.78. The lowest BCUT2D eigenvalue weighted by Crippen LogP contribution is -2.45. The Kier molecular flexibility index (Phi) is 9.44. The molecule has 1 saturated heterocycles. The van der Waals surface area contributed by atoms with E-state index >= 15 is 0 Å². The molecule has 1 fully saturated rings. The molecule has 0 radical (unpaired) electrons. The number of nitrogens with zero attached hydrogens (tertiary/aromatic N) is 1. The van der Waals surface area contributed by atoms with Gasteiger partial charge in [0.05, 0.1) is 13.2 Å². The van der Waals surface area contributed by atoms with E-state index in [0.717, 1.165) is 38.8 Å². The normalized spacial score (nSPS) is 18.3. The summed E-state index contributed by atoms with van der Waals surface area (Å²) in [6.45, 7) is 16.2. The standard InChI is InChI=1S/C16H35N3O.2H2/c1-14(2)13-17-7-11-20-12-10-19-8-5-16(6-9-19)18-15(3)4;;/h14-18H,5-13H2,1-4H3;2*1H. The molecule has 0 amide bonds. The molecule has 0 bridgehead atoms. The van der Waals surface area contributed by atoms with Crippen molar-refractivity contribution in [1.29, 1.82) is 0 Å². The van der Waals surface area contributed by atoms with Gasteiger partial charge in [-0.25, -0.2) is 0 Å². The molecule has 4 heteroatoms. The largest absolute Gasteiger partial charge is 0.379 e. The number of nitrogens with one attached hydrogen (secondary N) is 2. The van der Waals surface area contributed by atoms with Crippen molar-refractivity contribution in [3.63, 3.8) is 0 Å². The minimum atomic E-state index is 0. The SMILES string of the molecule is CC(C)CNCCOCCN1CCC(NC(C)C)CC1.[HH].[HH]. The lowest BCUT2D eigenvalue weighted by molar-refractivity contribution is 0.0923. The first-order valence-corrected chi connectivity index (χ1v) is 8.34. The van der Waals surface area contributed by atoms with Gasteiger partial charge in [-0.2, -0.15) is 0 Å². The Balaban J connectivity index is 0. The van der Waals surface area contributed by atoms with Crippen LogP contribution in [0.25, 0.3) is 0 Å². The molecule has 0 aromatic rings. The fraction of sp³-hybridized carbons (Fsp3) is 1.00. The molecule has 20 heavy (non-hydrogen) atoms. The van der Waals surface area contributed by atoms with Crippen molar-refractivity contribution in [1.82, 2.24) is 15.5 Å². The number of rotatable bonds is 10. The van der Waals surface area contributed by atoms with E-state index in [1.165, 1.54) is 25.9 Å². The first-order valence-electron chi connectivity index (χ1n) is 8.34. The Bertz CT molecular complexity index is 235. The van der Waals surface area contributed by atoms with E-state index in [-0.39, 0.29) is 2.85 Å². The van der Waals surface area contributed by atoms with Crippen LogP contribution >= 0.6 is 0 Å². The highest BCUT2D eigenvalue weighted by Gasteiger charge is 2.18. The van der Waals surface area contributed by atoms with E-state index in [2.05, 4.69) is 43.2 Å². The number of ether oxygens (including phenoxy) is 1. The molecule has 0 aliphatic carbocycles. The minimum Gasteiger partial charge on any atom is -0.379 e. The second-order valence-electron chi connectivity index (χ2n) is 6.65. The van der Waals surface area contributed by atoms with Crippen LogP contribution in [0.4, 0.5) is 0 Å². The van der Waals surface area contributed by atoms with Gasteiger partial charge in [-0.3, -0.25) is 0 Å². The number of piperidine rings is 1. The first-order chi connectivity index (χ1) is 9.58. The third-order valence-corrected chi connectivity index (χ3v) is 3.68. The second kappa shape index (κ2) is 10.6. The highest BCUT2D eigenvalue weighted by Crippen LogP contribution is 2.10. The highest BCUT2D eigenvalue weighted by atomic mass is 16.5. The van der Waals surface area contributed by atoms with Crippen molar-refractivity contribution >= 4 is 0 Å². The van der Waals surface area contributed by atoms with Gasteiger partial charge < -0.3 is 20.3 Å². The molecular weight excluding hydrogens is 250 g/mol. The maximum absolute atomic E-state index is 5.69. The van der Waals surface area contributed by atoms with Crippen LogP contribution in [0.5, 0.6) is 0 Å². The van der Waals surface area contributed by atoms with Crippen LogP contribution in [0.1, 0.15) is 43.4 Å². The maximum atomic E-state index is 5.69. The van der Waals surface area contributed by atoms with Gasteiger partial charge in [0.1, 0.15) is 0 Å². The summed E-state index contributed by atoms with van der Waals surface area (Å²) in [5, 5.41) is 7.04. The third kappa shape index (κ3) is 8.90. The van der Waals surface area contributed by atoms with Gasteiger partial charge in [0.15, 0.2) is 0 Å². The summed E-state index contributed by atoms with van der Waals surface area (Å²) in [5.74, 6) is 0.718. The topological polar surface area (TPSA) is 36.5 Å². The summed E-state index contributed by atoms with van der Waals surface area (Å²) in [6.07, 6.45) is 2.54. The molecule has 1 heterocycles. The summed E-state index contributed by atoms with van der Waals surface area (Å²) in [5.41, 5.74) is 0. The van der Waals surface area contributed by atoms with E-state index in [0.29, 0.717) is 12.1 Å². The summed E-state index contributed by atoms with van der Waals surface area (Å²) < 4.78 is 5.69. The molecule has 1 aliphatic heterocycles. The molecule has 1 rings (SSSR count). The van der Waals surface area contributed by atoms with Crippen molar-refractivity contribution in [2.75, 3.05) is 45.9 Å². The molecule has 0 atom stereocenters. The number of likely N-dealkylation sites (tertiary alicyclic amines) is 1. The zero-order chi connectivity index (χ0) is 14.8. The van der Waals surface area contributed by atoms with Gasteiger partial charge in [0.2, 0.25) is 0 Å². The fourth-order valence-electron chi connectivity index (χ4n) is 2.63. The zero-order valence-electron chi connectivity index (χ0n) is 14.0. The van der Waals surface area contributed by atoms with Crippen molar-refractivity contribution in [2.45, 2.75) is 52.6 Å². The summed E-state index contributed by atoms with van der Waals surface area (Å²) >= 11 is 0.